The maximum atomic E-state index is 5.41. The number of rotatable bonds is 2. The number of hydrogen-bond donors (Lipinski definition) is 0. The smallest absolute Gasteiger partial charge is 0.160 e. The summed E-state index contributed by atoms with van der Waals surface area (Å²) >= 11 is 1.90. The lowest BCUT2D eigenvalue weighted by Gasteiger charge is -2.35. The molecule has 9 heteroatoms. The molecule has 0 unspecified atom stereocenters. The standard InChI is InChI=1S/C37H30B5N3S/c1-37(2)21-11-7-10-20-33(21)45(34-19-9-4-6-13-25(19)46-35(20)34)24-15-14-17(16-22(24)37)36-43-23-12-5-3-8-18(23)32(44-36)26-27(38)29(40)31(42)30(41)28(26)39/h3-16H,38-42H2,1-2H3. The van der Waals surface area contributed by atoms with E-state index >= 15 is 0 Å². The van der Waals surface area contributed by atoms with Gasteiger partial charge in [0, 0.05) is 31.8 Å². The Morgan fingerprint density at radius 2 is 1.30 bits per heavy atom. The van der Waals surface area contributed by atoms with Crippen molar-refractivity contribution < 1.29 is 0 Å². The van der Waals surface area contributed by atoms with Gasteiger partial charge in [0.25, 0.3) is 0 Å². The summed E-state index contributed by atoms with van der Waals surface area (Å²) in [5.41, 5.74) is 17.2. The van der Waals surface area contributed by atoms with Gasteiger partial charge in [-0.15, -0.1) is 27.7 Å². The highest BCUT2D eigenvalue weighted by Crippen LogP contribution is 2.51. The lowest BCUT2D eigenvalue weighted by molar-refractivity contribution is 0.630. The van der Waals surface area contributed by atoms with Gasteiger partial charge >= 0.3 is 0 Å². The van der Waals surface area contributed by atoms with Gasteiger partial charge in [0.05, 0.1) is 32.6 Å². The third-order valence-electron chi connectivity index (χ3n) is 11.0. The molecular weight excluding hydrogens is 573 g/mol. The largest absolute Gasteiger partial charge is 0.307 e. The molecule has 0 saturated carbocycles. The maximum absolute atomic E-state index is 5.41. The van der Waals surface area contributed by atoms with Crippen molar-refractivity contribution in [1.29, 1.82) is 0 Å². The van der Waals surface area contributed by atoms with E-state index in [4.69, 9.17) is 9.97 Å². The van der Waals surface area contributed by atoms with Crippen molar-refractivity contribution in [3.8, 4) is 28.3 Å². The second-order valence-corrected chi connectivity index (χ2v) is 14.6. The summed E-state index contributed by atoms with van der Waals surface area (Å²) in [6.45, 7) is 4.73. The molecule has 3 nitrogen and oxygen atoms in total. The number of aromatic nitrogens is 3. The van der Waals surface area contributed by atoms with Crippen LogP contribution < -0.4 is 27.3 Å². The quantitative estimate of drug-likeness (QED) is 0.279. The van der Waals surface area contributed by atoms with Crippen molar-refractivity contribution in [2.75, 3.05) is 0 Å². The van der Waals surface area contributed by atoms with Crippen LogP contribution >= 0.6 is 11.3 Å². The second-order valence-electron chi connectivity index (χ2n) is 13.6. The van der Waals surface area contributed by atoms with Crippen LogP contribution in [0.15, 0.2) is 84.9 Å². The lowest BCUT2D eigenvalue weighted by atomic mass is 9.60. The molecule has 0 aliphatic carbocycles. The third-order valence-corrected chi connectivity index (χ3v) is 12.2. The second kappa shape index (κ2) is 9.53. The number of fused-ring (bicyclic) bond motifs is 8. The van der Waals surface area contributed by atoms with Crippen LogP contribution in [-0.4, -0.2) is 53.8 Å². The number of para-hydroxylation sites is 2. The molecule has 214 valence electrons. The highest BCUT2D eigenvalue weighted by Gasteiger charge is 2.36. The number of nitrogens with zero attached hydrogens (tertiary/aromatic N) is 3. The third kappa shape index (κ3) is 3.55. The first kappa shape index (κ1) is 27.8. The zero-order valence-corrected chi connectivity index (χ0v) is 28.1. The molecule has 0 bridgehead atoms. The van der Waals surface area contributed by atoms with Crippen LogP contribution in [0.5, 0.6) is 0 Å². The SMILES string of the molecule is Bc1c(B)c(B)c(-c2nc(-c3ccc4c(c3)C(C)(C)c3cccc5c6sc7ccccc7c6n-4c35)nc3ccccc23)c(B)c1B. The van der Waals surface area contributed by atoms with Crippen molar-refractivity contribution in [2.45, 2.75) is 19.3 Å². The highest BCUT2D eigenvalue weighted by molar-refractivity contribution is 7.26. The van der Waals surface area contributed by atoms with Gasteiger partial charge < -0.3 is 4.57 Å². The van der Waals surface area contributed by atoms with E-state index in [1.54, 1.807) is 0 Å². The minimum Gasteiger partial charge on any atom is -0.307 e. The fourth-order valence-electron chi connectivity index (χ4n) is 8.03. The molecule has 1 aliphatic rings. The molecule has 5 aromatic carbocycles. The van der Waals surface area contributed by atoms with E-state index in [0.717, 1.165) is 28.0 Å². The van der Waals surface area contributed by atoms with E-state index in [-0.39, 0.29) is 5.41 Å². The summed E-state index contributed by atoms with van der Waals surface area (Å²) in [7, 11) is 11.2. The molecule has 46 heavy (non-hydrogen) atoms. The molecule has 1 aliphatic heterocycles. The Labute approximate surface area is 277 Å². The van der Waals surface area contributed by atoms with Crippen molar-refractivity contribution in [2.24, 2.45) is 0 Å². The fraction of sp³-hybridized carbons (Fsp3) is 0.0811. The van der Waals surface area contributed by atoms with E-state index in [1.807, 2.05) is 11.3 Å². The number of hydrogen-bond acceptors (Lipinski definition) is 3. The Bertz CT molecular complexity index is 2610. The van der Waals surface area contributed by atoms with Crippen LogP contribution in [0, 0.1) is 0 Å². The van der Waals surface area contributed by atoms with Crippen LogP contribution in [0.4, 0.5) is 0 Å². The van der Waals surface area contributed by atoms with Crippen LogP contribution in [0.1, 0.15) is 25.0 Å². The first-order valence-corrected chi connectivity index (χ1v) is 16.9. The molecular formula is C37H30B5N3S. The first-order valence-electron chi connectivity index (χ1n) is 16.1. The molecule has 0 atom stereocenters. The van der Waals surface area contributed by atoms with Gasteiger partial charge in [-0.05, 0) is 47.0 Å². The number of benzene rings is 5. The summed E-state index contributed by atoms with van der Waals surface area (Å²) in [6, 6.07) is 31.0. The molecule has 9 rings (SSSR count). The lowest BCUT2D eigenvalue weighted by Crippen LogP contribution is -2.55. The Morgan fingerprint density at radius 1 is 0.630 bits per heavy atom. The molecule has 0 saturated heterocycles. The molecule has 4 heterocycles. The minimum absolute atomic E-state index is 0.199. The predicted molar refractivity (Wildman–Crippen MR) is 213 cm³/mol. The average Bonchev–Trinajstić information content (AvgIpc) is 3.61. The monoisotopic (exact) mass is 603 g/mol. The Morgan fingerprint density at radius 3 is 2.09 bits per heavy atom. The summed E-state index contributed by atoms with van der Waals surface area (Å²) in [5.74, 6) is 0.768. The topological polar surface area (TPSA) is 30.7 Å². The first-order chi connectivity index (χ1) is 22.2. The van der Waals surface area contributed by atoms with Crippen molar-refractivity contribution in [3.63, 3.8) is 0 Å². The van der Waals surface area contributed by atoms with Gasteiger partial charge in [-0.2, -0.15) is 0 Å². The zero-order valence-electron chi connectivity index (χ0n) is 27.3. The van der Waals surface area contributed by atoms with Gasteiger partial charge in [0.2, 0.25) is 0 Å². The Hall–Kier alpha value is -4.48. The van der Waals surface area contributed by atoms with Crippen molar-refractivity contribution >= 4 is 120 Å². The molecule has 0 amide bonds. The molecule has 3 aromatic heterocycles. The molecule has 0 radical (unpaired) electrons. The number of thiophene rings is 1. The Balaban J connectivity index is 1.33. The average molecular weight is 603 g/mol. The maximum Gasteiger partial charge on any atom is 0.160 e. The Kier molecular flexibility index (Phi) is 5.76. The summed E-state index contributed by atoms with van der Waals surface area (Å²) in [5, 5.41) is 3.75. The van der Waals surface area contributed by atoms with Crippen molar-refractivity contribution in [1.82, 2.24) is 14.5 Å². The highest BCUT2D eigenvalue weighted by atomic mass is 32.1. The van der Waals surface area contributed by atoms with Gasteiger partial charge in [0.15, 0.2) is 5.82 Å². The summed E-state index contributed by atoms with van der Waals surface area (Å²) < 4.78 is 5.22. The normalized spacial score (nSPS) is 13.6. The van der Waals surface area contributed by atoms with Crippen LogP contribution in [-0.2, 0) is 5.41 Å². The van der Waals surface area contributed by atoms with E-state index < -0.39 is 0 Å². The van der Waals surface area contributed by atoms with Gasteiger partial charge in [-0.1, -0.05) is 79.4 Å². The summed E-state index contributed by atoms with van der Waals surface area (Å²) in [4.78, 5) is 10.6. The van der Waals surface area contributed by atoms with Gasteiger partial charge in [0.1, 0.15) is 39.2 Å². The van der Waals surface area contributed by atoms with E-state index in [1.165, 1.54) is 80.9 Å². The van der Waals surface area contributed by atoms with E-state index in [0.29, 0.717) is 0 Å². The van der Waals surface area contributed by atoms with Crippen LogP contribution in [0.25, 0.3) is 70.4 Å². The van der Waals surface area contributed by atoms with Gasteiger partial charge in [-0.25, -0.2) is 9.97 Å². The van der Waals surface area contributed by atoms with Gasteiger partial charge in [-0.3, -0.25) is 0 Å². The molecule has 0 fully saturated rings. The zero-order chi connectivity index (χ0) is 31.6. The fourth-order valence-corrected chi connectivity index (χ4v) is 9.24. The minimum atomic E-state index is -0.199. The van der Waals surface area contributed by atoms with Crippen LogP contribution in [0.3, 0.4) is 0 Å². The summed E-state index contributed by atoms with van der Waals surface area (Å²) in [6.07, 6.45) is 0. The predicted octanol–water partition coefficient (Wildman–Crippen LogP) is 1.21. The molecule has 0 N–H and O–H groups in total. The van der Waals surface area contributed by atoms with E-state index in [9.17, 15) is 0 Å². The van der Waals surface area contributed by atoms with Crippen molar-refractivity contribution in [3.05, 3.63) is 96.1 Å². The van der Waals surface area contributed by atoms with E-state index in [2.05, 4.69) is 143 Å². The molecule has 0 spiro atoms. The molecule has 8 aromatic rings. The van der Waals surface area contributed by atoms with Crippen LogP contribution in [0.2, 0.25) is 0 Å².